The number of nitrogens with one attached hydrogen (secondary N) is 2. The van der Waals surface area contributed by atoms with E-state index in [1.54, 1.807) is 17.7 Å². The normalized spacial score (nSPS) is 14.7. The third-order valence-electron chi connectivity index (χ3n) is 6.38. The SMILES string of the molecule is COc1cc(C(=O)NC(C)C)ccc1N1CCN(Cc2cnc3c(c2)[nH]c(=O)n2cccc32)CC1. The summed E-state index contributed by atoms with van der Waals surface area (Å²) in [6.07, 6.45) is 3.63. The number of anilines is 1. The third-order valence-corrected chi connectivity index (χ3v) is 6.38. The second-order valence-corrected chi connectivity index (χ2v) is 9.21. The van der Waals surface area contributed by atoms with Crippen molar-refractivity contribution in [2.24, 2.45) is 0 Å². The number of benzene rings is 1. The number of H-pyrrole nitrogens is 1. The van der Waals surface area contributed by atoms with E-state index in [2.05, 4.69) is 25.1 Å². The summed E-state index contributed by atoms with van der Waals surface area (Å²) < 4.78 is 7.19. The fourth-order valence-corrected chi connectivity index (χ4v) is 4.65. The molecule has 35 heavy (non-hydrogen) atoms. The monoisotopic (exact) mass is 474 g/mol. The predicted octanol–water partition coefficient (Wildman–Crippen LogP) is 2.64. The van der Waals surface area contributed by atoms with Crippen LogP contribution in [0.25, 0.3) is 16.6 Å². The number of carbonyl (C=O) groups excluding carboxylic acids is 1. The van der Waals surface area contributed by atoms with Crippen LogP contribution in [0.15, 0.2) is 53.6 Å². The number of fused-ring (bicyclic) bond motifs is 3. The van der Waals surface area contributed by atoms with Crippen molar-refractivity contribution in [1.82, 2.24) is 24.6 Å². The Morgan fingerprint density at radius 3 is 2.71 bits per heavy atom. The zero-order valence-electron chi connectivity index (χ0n) is 20.2. The molecule has 5 rings (SSSR count). The van der Waals surface area contributed by atoms with Crippen LogP contribution in [0.5, 0.6) is 5.75 Å². The van der Waals surface area contributed by atoms with Crippen LogP contribution in [0.3, 0.4) is 0 Å². The van der Waals surface area contributed by atoms with Gasteiger partial charge in [-0.05, 0) is 55.8 Å². The van der Waals surface area contributed by atoms with Gasteiger partial charge in [0.1, 0.15) is 11.3 Å². The van der Waals surface area contributed by atoms with Crippen LogP contribution in [0.4, 0.5) is 5.69 Å². The second-order valence-electron chi connectivity index (χ2n) is 9.21. The van der Waals surface area contributed by atoms with Crippen molar-refractivity contribution >= 4 is 28.1 Å². The zero-order valence-corrected chi connectivity index (χ0v) is 20.2. The van der Waals surface area contributed by atoms with Crippen molar-refractivity contribution in [1.29, 1.82) is 0 Å². The second kappa shape index (κ2) is 9.42. The van der Waals surface area contributed by atoms with Gasteiger partial charge in [-0.15, -0.1) is 0 Å². The highest BCUT2D eigenvalue weighted by Gasteiger charge is 2.21. The van der Waals surface area contributed by atoms with E-state index in [0.717, 1.165) is 60.5 Å². The molecule has 182 valence electrons. The van der Waals surface area contributed by atoms with E-state index in [9.17, 15) is 9.59 Å². The molecule has 0 spiro atoms. The molecule has 0 saturated carbocycles. The molecule has 0 atom stereocenters. The number of methoxy groups -OCH3 is 1. The van der Waals surface area contributed by atoms with Crippen molar-refractivity contribution < 1.29 is 9.53 Å². The Bertz CT molecular complexity index is 1430. The first-order valence-electron chi connectivity index (χ1n) is 11.9. The van der Waals surface area contributed by atoms with Gasteiger partial charge in [-0.25, -0.2) is 4.79 Å². The fourth-order valence-electron chi connectivity index (χ4n) is 4.65. The highest BCUT2D eigenvalue weighted by atomic mass is 16.5. The molecule has 2 N–H and O–H groups in total. The number of hydrogen-bond donors (Lipinski definition) is 2. The van der Waals surface area contributed by atoms with Crippen molar-refractivity contribution in [2.75, 3.05) is 38.2 Å². The lowest BCUT2D eigenvalue weighted by molar-refractivity contribution is 0.0943. The molecule has 1 aliphatic heterocycles. The number of ether oxygens (including phenoxy) is 1. The summed E-state index contributed by atoms with van der Waals surface area (Å²) in [7, 11) is 1.64. The van der Waals surface area contributed by atoms with Crippen LogP contribution in [-0.2, 0) is 6.54 Å². The standard InChI is InChI=1S/C26H30N6O3/c1-17(2)28-25(33)19-6-7-21(23(14-19)35-3)31-11-9-30(10-12-31)16-18-13-20-24(27-15-18)22-5-4-8-32(22)26(34)29-20/h4-8,13-15,17H,9-12,16H2,1-3H3,(H,28,33)(H,29,34). The van der Waals surface area contributed by atoms with Gasteiger partial charge in [0, 0.05) is 56.7 Å². The van der Waals surface area contributed by atoms with E-state index in [1.807, 2.05) is 56.4 Å². The Labute approximate surface area is 203 Å². The fraction of sp³-hybridized carbons (Fsp3) is 0.346. The Morgan fingerprint density at radius 1 is 1.17 bits per heavy atom. The number of piperazine rings is 1. The lowest BCUT2D eigenvalue weighted by atomic mass is 10.1. The smallest absolute Gasteiger partial charge is 0.330 e. The molecule has 0 bridgehead atoms. The summed E-state index contributed by atoms with van der Waals surface area (Å²) in [5, 5.41) is 2.92. The van der Waals surface area contributed by atoms with E-state index in [0.29, 0.717) is 11.3 Å². The number of aromatic amines is 1. The Morgan fingerprint density at radius 2 is 1.97 bits per heavy atom. The van der Waals surface area contributed by atoms with E-state index in [-0.39, 0.29) is 17.6 Å². The van der Waals surface area contributed by atoms with Crippen molar-refractivity contribution in [3.63, 3.8) is 0 Å². The Kier molecular flexibility index (Phi) is 6.17. The molecule has 0 unspecified atom stereocenters. The molecule has 0 radical (unpaired) electrons. The highest BCUT2D eigenvalue weighted by molar-refractivity contribution is 5.95. The summed E-state index contributed by atoms with van der Waals surface area (Å²) in [6, 6.07) is 11.5. The molecule has 1 aromatic carbocycles. The van der Waals surface area contributed by atoms with Gasteiger partial charge in [-0.2, -0.15) is 0 Å². The molecule has 4 aromatic rings. The summed E-state index contributed by atoms with van der Waals surface area (Å²) in [5.74, 6) is 0.604. The summed E-state index contributed by atoms with van der Waals surface area (Å²) in [6.45, 7) is 8.09. The van der Waals surface area contributed by atoms with Crippen LogP contribution < -0.4 is 20.6 Å². The zero-order chi connectivity index (χ0) is 24.5. The lowest BCUT2D eigenvalue weighted by Crippen LogP contribution is -2.46. The van der Waals surface area contributed by atoms with E-state index in [1.165, 1.54) is 0 Å². The molecule has 1 amide bonds. The molecule has 1 aliphatic rings. The third kappa shape index (κ3) is 4.59. The van der Waals surface area contributed by atoms with Crippen LogP contribution in [0.2, 0.25) is 0 Å². The maximum absolute atomic E-state index is 12.4. The van der Waals surface area contributed by atoms with Gasteiger partial charge in [-0.3, -0.25) is 19.1 Å². The van der Waals surface area contributed by atoms with Crippen LogP contribution in [-0.4, -0.2) is 64.5 Å². The first-order valence-corrected chi connectivity index (χ1v) is 11.9. The first kappa shape index (κ1) is 22.9. The lowest BCUT2D eigenvalue weighted by Gasteiger charge is -2.36. The quantitative estimate of drug-likeness (QED) is 0.446. The molecule has 9 heteroatoms. The van der Waals surface area contributed by atoms with Crippen molar-refractivity contribution in [3.05, 3.63) is 70.4 Å². The van der Waals surface area contributed by atoms with Gasteiger partial charge in [0.25, 0.3) is 5.91 Å². The largest absolute Gasteiger partial charge is 0.495 e. The molecule has 4 heterocycles. The number of aromatic nitrogens is 3. The minimum atomic E-state index is -0.160. The maximum Gasteiger partial charge on any atom is 0.330 e. The highest BCUT2D eigenvalue weighted by Crippen LogP contribution is 2.30. The Balaban J connectivity index is 1.26. The number of carbonyl (C=O) groups is 1. The topological polar surface area (TPSA) is 95.0 Å². The summed E-state index contributed by atoms with van der Waals surface area (Å²) >= 11 is 0. The van der Waals surface area contributed by atoms with Gasteiger partial charge in [0.05, 0.1) is 23.8 Å². The van der Waals surface area contributed by atoms with Gasteiger partial charge >= 0.3 is 5.69 Å². The molecular weight excluding hydrogens is 444 g/mol. The van der Waals surface area contributed by atoms with E-state index < -0.39 is 0 Å². The minimum Gasteiger partial charge on any atom is -0.495 e. The average molecular weight is 475 g/mol. The summed E-state index contributed by atoms with van der Waals surface area (Å²) in [5.41, 5.74) is 4.85. The van der Waals surface area contributed by atoms with Gasteiger partial charge < -0.3 is 19.9 Å². The van der Waals surface area contributed by atoms with Gasteiger partial charge in [0.15, 0.2) is 0 Å². The maximum atomic E-state index is 12.4. The van der Waals surface area contributed by atoms with Gasteiger partial charge in [0.2, 0.25) is 0 Å². The number of rotatable bonds is 6. The molecule has 3 aromatic heterocycles. The van der Waals surface area contributed by atoms with Crippen molar-refractivity contribution in [3.8, 4) is 5.75 Å². The molecule has 1 fully saturated rings. The number of amides is 1. The number of pyridine rings is 1. The number of hydrogen-bond acceptors (Lipinski definition) is 6. The first-order chi connectivity index (χ1) is 16.9. The summed E-state index contributed by atoms with van der Waals surface area (Å²) in [4.78, 5) is 36.9. The number of nitrogens with zero attached hydrogens (tertiary/aromatic N) is 4. The molecule has 1 saturated heterocycles. The van der Waals surface area contributed by atoms with E-state index >= 15 is 0 Å². The Hall–Kier alpha value is -3.85. The van der Waals surface area contributed by atoms with Crippen LogP contribution in [0.1, 0.15) is 29.8 Å². The van der Waals surface area contributed by atoms with E-state index in [4.69, 9.17) is 4.74 Å². The molecule has 9 nitrogen and oxygen atoms in total. The molecule has 0 aliphatic carbocycles. The predicted molar refractivity (Wildman–Crippen MR) is 136 cm³/mol. The van der Waals surface area contributed by atoms with Crippen LogP contribution >= 0.6 is 0 Å². The van der Waals surface area contributed by atoms with Crippen molar-refractivity contribution in [2.45, 2.75) is 26.4 Å². The van der Waals surface area contributed by atoms with Crippen LogP contribution in [0, 0.1) is 0 Å². The van der Waals surface area contributed by atoms with Gasteiger partial charge in [-0.1, -0.05) is 0 Å². The average Bonchev–Trinajstić information content (AvgIpc) is 3.35. The molecular formula is C26H30N6O3. The minimum absolute atomic E-state index is 0.0781.